The molecule has 0 amide bonds. The summed E-state index contributed by atoms with van der Waals surface area (Å²) in [7, 11) is 1.42. The summed E-state index contributed by atoms with van der Waals surface area (Å²) in [5.74, 6) is -0.240. The van der Waals surface area contributed by atoms with E-state index in [9.17, 15) is 4.79 Å². The van der Waals surface area contributed by atoms with Gasteiger partial charge in [-0.1, -0.05) is 66.7 Å². The van der Waals surface area contributed by atoms with Gasteiger partial charge < -0.3 is 9.47 Å². The SMILES string of the molecule is COC(=O)C1=CCCN(CCOC=C(c2ccccc2)c2ccccc2)C1. The number of esters is 1. The van der Waals surface area contributed by atoms with Gasteiger partial charge in [-0.2, -0.15) is 0 Å². The average molecular weight is 363 g/mol. The second kappa shape index (κ2) is 9.74. The van der Waals surface area contributed by atoms with Crippen molar-refractivity contribution in [2.75, 3.05) is 33.4 Å². The van der Waals surface area contributed by atoms with Gasteiger partial charge in [0.05, 0.1) is 13.4 Å². The molecule has 0 saturated heterocycles. The van der Waals surface area contributed by atoms with Gasteiger partial charge >= 0.3 is 5.97 Å². The molecule has 0 fully saturated rings. The van der Waals surface area contributed by atoms with Crippen LogP contribution in [0, 0.1) is 0 Å². The molecule has 140 valence electrons. The van der Waals surface area contributed by atoms with E-state index in [1.54, 1.807) is 0 Å². The minimum atomic E-state index is -0.240. The van der Waals surface area contributed by atoms with Crippen molar-refractivity contribution in [1.82, 2.24) is 4.90 Å². The molecule has 3 rings (SSSR count). The third-order valence-corrected chi connectivity index (χ3v) is 4.57. The number of carbonyl (C=O) groups is 1. The summed E-state index contributed by atoms with van der Waals surface area (Å²) in [4.78, 5) is 13.9. The quantitative estimate of drug-likeness (QED) is 0.425. The molecular formula is C23H25NO3. The highest BCUT2D eigenvalue weighted by molar-refractivity contribution is 5.88. The predicted octanol–water partition coefficient (Wildman–Crippen LogP) is 3.90. The molecule has 0 unspecified atom stereocenters. The fourth-order valence-corrected chi connectivity index (χ4v) is 3.14. The molecule has 2 aromatic rings. The van der Waals surface area contributed by atoms with Crippen LogP contribution in [-0.2, 0) is 14.3 Å². The minimum absolute atomic E-state index is 0.240. The third kappa shape index (κ3) is 5.31. The lowest BCUT2D eigenvalue weighted by Crippen LogP contribution is -2.34. The summed E-state index contributed by atoms with van der Waals surface area (Å²) in [5, 5.41) is 0. The largest absolute Gasteiger partial charge is 0.499 e. The highest BCUT2D eigenvalue weighted by Gasteiger charge is 2.18. The van der Waals surface area contributed by atoms with Crippen molar-refractivity contribution in [3.63, 3.8) is 0 Å². The van der Waals surface area contributed by atoms with Crippen LogP contribution in [0.4, 0.5) is 0 Å². The molecule has 4 heteroatoms. The van der Waals surface area contributed by atoms with Crippen LogP contribution in [0.15, 0.2) is 78.6 Å². The number of nitrogens with zero attached hydrogens (tertiary/aromatic N) is 1. The van der Waals surface area contributed by atoms with Gasteiger partial charge in [-0.25, -0.2) is 4.79 Å². The lowest BCUT2D eigenvalue weighted by molar-refractivity contribution is -0.136. The Labute approximate surface area is 160 Å². The predicted molar refractivity (Wildman–Crippen MR) is 107 cm³/mol. The smallest absolute Gasteiger partial charge is 0.334 e. The number of methoxy groups -OCH3 is 1. The normalized spacial score (nSPS) is 14.2. The van der Waals surface area contributed by atoms with E-state index in [0.717, 1.165) is 41.8 Å². The van der Waals surface area contributed by atoms with Gasteiger partial charge in [0.2, 0.25) is 0 Å². The van der Waals surface area contributed by atoms with Crippen LogP contribution in [0.1, 0.15) is 17.5 Å². The van der Waals surface area contributed by atoms with E-state index < -0.39 is 0 Å². The number of ether oxygens (including phenoxy) is 2. The molecular weight excluding hydrogens is 338 g/mol. The zero-order valence-corrected chi connectivity index (χ0v) is 15.6. The van der Waals surface area contributed by atoms with Crippen LogP contribution in [0.5, 0.6) is 0 Å². The monoisotopic (exact) mass is 363 g/mol. The number of hydrogen-bond acceptors (Lipinski definition) is 4. The zero-order chi connectivity index (χ0) is 18.9. The first-order chi connectivity index (χ1) is 13.3. The summed E-state index contributed by atoms with van der Waals surface area (Å²) < 4.78 is 10.7. The van der Waals surface area contributed by atoms with Gasteiger partial charge in [-0.05, 0) is 17.5 Å². The zero-order valence-electron chi connectivity index (χ0n) is 15.6. The molecule has 0 aromatic heterocycles. The van der Waals surface area contributed by atoms with Crippen molar-refractivity contribution < 1.29 is 14.3 Å². The van der Waals surface area contributed by atoms with E-state index in [1.165, 1.54) is 7.11 Å². The Hall–Kier alpha value is -2.85. The molecule has 0 atom stereocenters. The fourth-order valence-electron chi connectivity index (χ4n) is 3.14. The van der Waals surface area contributed by atoms with E-state index >= 15 is 0 Å². The first-order valence-electron chi connectivity index (χ1n) is 9.20. The molecule has 1 aliphatic heterocycles. The Kier molecular flexibility index (Phi) is 6.83. The van der Waals surface area contributed by atoms with Crippen molar-refractivity contribution in [3.8, 4) is 0 Å². The van der Waals surface area contributed by atoms with Crippen molar-refractivity contribution in [1.29, 1.82) is 0 Å². The fraction of sp³-hybridized carbons (Fsp3) is 0.261. The van der Waals surface area contributed by atoms with Gasteiger partial charge in [0.25, 0.3) is 0 Å². The number of carbonyl (C=O) groups excluding carboxylic acids is 1. The second-order valence-electron chi connectivity index (χ2n) is 6.42. The molecule has 2 aromatic carbocycles. The van der Waals surface area contributed by atoms with E-state index in [1.807, 2.05) is 48.7 Å². The van der Waals surface area contributed by atoms with Crippen molar-refractivity contribution in [3.05, 3.63) is 89.7 Å². The van der Waals surface area contributed by atoms with Gasteiger partial charge in [-0.15, -0.1) is 0 Å². The maximum Gasteiger partial charge on any atom is 0.334 e. The molecule has 1 heterocycles. The Morgan fingerprint density at radius 2 is 1.67 bits per heavy atom. The third-order valence-electron chi connectivity index (χ3n) is 4.57. The molecule has 1 aliphatic rings. The van der Waals surface area contributed by atoms with Crippen molar-refractivity contribution in [2.24, 2.45) is 0 Å². The molecule has 0 saturated carbocycles. The van der Waals surface area contributed by atoms with E-state index in [2.05, 4.69) is 29.2 Å². The topological polar surface area (TPSA) is 38.8 Å². The summed E-state index contributed by atoms with van der Waals surface area (Å²) in [6.45, 7) is 2.88. The first-order valence-corrected chi connectivity index (χ1v) is 9.20. The van der Waals surface area contributed by atoms with Gasteiger partial charge in [0.1, 0.15) is 6.61 Å². The van der Waals surface area contributed by atoms with Crippen LogP contribution >= 0.6 is 0 Å². The summed E-state index contributed by atoms with van der Waals surface area (Å²) in [5.41, 5.74) is 4.04. The van der Waals surface area contributed by atoms with Crippen molar-refractivity contribution in [2.45, 2.75) is 6.42 Å². The second-order valence-corrected chi connectivity index (χ2v) is 6.42. The lowest BCUT2D eigenvalue weighted by atomic mass is 9.99. The first kappa shape index (κ1) is 18.9. The Bertz CT molecular complexity index is 755. The summed E-state index contributed by atoms with van der Waals surface area (Å²) >= 11 is 0. The summed E-state index contributed by atoms with van der Waals surface area (Å²) in [6.07, 6.45) is 4.66. The van der Waals surface area contributed by atoms with Crippen LogP contribution in [0.2, 0.25) is 0 Å². The number of rotatable bonds is 7. The molecule has 27 heavy (non-hydrogen) atoms. The van der Waals surface area contributed by atoms with E-state index in [0.29, 0.717) is 13.2 Å². The number of hydrogen-bond donors (Lipinski definition) is 0. The van der Waals surface area contributed by atoms with Crippen LogP contribution in [0.3, 0.4) is 0 Å². The molecule has 0 N–H and O–H groups in total. The number of benzene rings is 2. The Balaban J connectivity index is 1.61. The molecule has 0 spiro atoms. The molecule has 4 nitrogen and oxygen atoms in total. The molecule has 0 bridgehead atoms. The Morgan fingerprint density at radius 1 is 1.04 bits per heavy atom. The average Bonchev–Trinajstić information content (AvgIpc) is 2.74. The van der Waals surface area contributed by atoms with Crippen molar-refractivity contribution >= 4 is 11.5 Å². The highest BCUT2D eigenvalue weighted by atomic mass is 16.5. The summed E-state index contributed by atoms with van der Waals surface area (Å²) in [6, 6.07) is 20.5. The van der Waals surface area contributed by atoms with Crippen LogP contribution in [0.25, 0.3) is 5.57 Å². The van der Waals surface area contributed by atoms with E-state index in [4.69, 9.17) is 9.47 Å². The van der Waals surface area contributed by atoms with Gasteiger partial charge in [-0.3, -0.25) is 4.90 Å². The minimum Gasteiger partial charge on any atom is -0.499 e. The van der Waals surface area contributed by atoms with E-state index in [-0.39, 0.29) is 5.97 Å². The lowest BCUT2D eigenvalue weighted by Gasteiger charge is -2.25. The van der Waals surface area contributed by atoms with Crippen LogP contribution < -0.4 is 0 Å². The van der Waals surface area contributed by atoms with Crippen LogP contribution in [-0.4, -0.2) is 44.2 Å². The maximum absolute atomic E-state index is 11.7. The molecule has 0 aliphatic carbocycles. The Morgan fingerprint density at radius 3 is 2.26 bits per heavy atom. The molecule has 0 radical (unpaired) electrons. The standard InChI is InChI=1S/C23H25NO3/c1-26-23(25)21-13-8-14-24(17-21)15-16-27-18-22(19-9-4-2-5-10-19)20-11-6-3-7-12-20/h2-7,9-13,18H,8,14-17H2,1H3. The van der Waals surface area contributed by atoms with Gasteiger partial charge in [0.15, 0.2) is 0 Å². The maximum atomic E-state index is 11.7. The van der Waals surface area contributed by atoms with Gasteiger partial charge in [0, 0.05) is 30.8 Å². The highest BCUT2D eigenvalue weighted by Crippen LogP contribution is 2.23.